The minimum atomic E-state index is -0.815. The Bertz CT molecular complexity index is 723. The molecule has 0 saturated heterocycles. The van der Waals surface area contributed by atoms with E-state index in [2.05, 4.69) is 5.32 Å². The number of carbonyl (C=O) groups is 1. The summed E-state index contributed by atoms with van der Waals surface area (Å²) in [5.74, 6) is -1.58. The van der Waals surface area contributed by atoms with Gasteiger partial charge in [-0.2, -0.15) is 0 Å². The van der Waals surface area contributed by atoms with Crippen LogP contribution in [-0.4, -0.2) is 37.0 Å². The monoisotopic (exact) mass is 368 g/mol. The van der Waals surface area contributed by atoms with Gasteiger partial charge in [-0.1, -0.05) is 29.8 Å². The van der Waals surface area contributed by atoms with Crippen molar-refractivity contribution in [1.29, 1.82) is 0 Å². The van der Waals surface area contributed by atoms with E-state index >= 15 is 0 Å². The van der Waals surface area contributed by atoms with Crippen molar-refractivity contribution >= 4 is 23.2 Å². The van der Waals surface area contributed by atoms with Gasteiger partial charge in [-0.15, -0.1) is 0 Å². The van der Waals surface area contributed by atoms with Gasteiger partial charge in [0.15, 0.2) is 0 Å². The summed E-state index contributed by atoms with van der Waals surface area (Å²) in [5.41, 5.74) is -0.444. The first kappa shape index (κ1) is 19.1. The Morgan fingerprint density at radius 1 is 1.20 bits per heavy atom. The lowest BCUT2D eigenvalue weighted by molar-refractivity contribution is -0.120. The maximum absolute atomic E-state index is 13.6. The fraction of sp³-hybridized carbons (Fsp3) is 0.278. The van der Waals surface area contributed by atoms with E-state index in [1.165, 1.54) is 6.07 Å². The largest absolute Gasteiger partial charge is 0.491 e. The summed E-state index contributed by atoms with van der Waals surface area (Å²) in [7, 11) is 1.72. The molecule has 1 N–H and O–H groups in total. The van der Waals surface area contributed by atoms with Gasteiger partial charge in [-0.25, -0.2) is 8.78 Å². The number of anilines is 1. The Morgan fingerprint density at radius 3 is 2.48 bits per heavy atom. The molecule has 0 aliphatic carbocycles. The first-order chi connectivity index (χ1) is 11.9. The van der Waals surface area contributed by atoms with Gasteiger partial charge in [0.05, 0.1) is 11.1 Å². The number of amides is 1. The Kier molecular flexibility index (Phi) is 6.73. The van der Waals surface area contributed by atoms with E-state index in [1.54, 1.807) is 37.1 Å². The van der Waals surface area contributed by atoms with E-state index in [-0.39, 0.29) is 0 Å². The molecule has 0 heterocycles. The second-order valence-electron chi connectivity index (χ2n) is 5.52. The molecule has 2 aromatic carbocycles. The lowest BCUT2D eigenvalue weighted by Crippen LogP contribution is -2.41. The molecule has 1 amide bonds. The summed E-state index contributed by atoms with van der Waals surface area (Å²) in [6.45, 7) is 2.38. The summed E-state index contributed by atoms with van der Waals surface area (Å²) in [6.07, 6.45) is 0. The molecule has 0 aromatic heterocycles. The van der Waals surface area contributed by atoms with Gasteiger partial charge in [-0.05, 0) is 38.2 Å². The average molecular weight is 369 g/mol. The Labute approximate surface area is 150 Å². The molecular weight excluding hydrogens is 350 g/mol. The van der Waals surface area contributed by atoms with Crippen LogP contribution < -0.4 is 10.1 Å². The van der Waals surface area contributed by atoms with Crippen molar-refractivity contribution in [3.8, 4) is 5.75 Å². The summed E-state index contributed by atoms with van der Waals surface area (Å²) in [6, 6.07) is 9.89. The molecule has 7 heteroatoms. The maximum atomic E-state index is 13.6. The van der Waals surface area contributed by atoms with E-state index in [4.69, 9.17) is 16.3 Å². The first-order valence-corrected chi connectivity index (χ1v) is 8.10. The average Bonchev–Trinajstić information content (AvgIpc) is 2.59. The standard InChI is InChI=1S/C18H19ClF2N2O2/c1-12(18(24)22-17-14(20)7-5-8-15(17)21)23(2)10-11-25-16-9-4-3-6-13(16)19/h3-9,12H,10-11H2,1-2H3,(H,22,24). The second kappa shape index (κ2) is 8.78. The highest BCUT2D eigenvalue weighted by Crippen LogP contribution is 2.23. The topological polar surface area (TPSA) is 41.6 Å². The van der Waals surface area contributed by atoms with E-state index in [0.717, 1.165) is 12.1 Å². The van der Waals surface area contributed by atoms with Gasteiger partial charge < -0.3 is 10.1 Å². The number of carbonyl (C=O) groups excluding carboxylic acids is 1. The van der Waals surface area contributed by atoms with Crippen LogP contribution in [0, 0.1) is 11.6 Å². The van der Waals surface area contributed by atoms with Crippen molar-refractivity contribution < 1.29 is 18.3 Å². The van der Waals surface area contributed by atoms with Crippen LogP contribution >= 0.6 is 11.6 Å². The van der Waals surface area contributed by atoms with Gasteiger partial charge in [0.2, 0.25) is 5.91 Å². The van der Waals surface area contributed by atoms with Crippen LogP contribution in [0.15, 0.2) is 42.5 Å². The summed E-state index contributed by atoms with van der Waals surface area (Å²) in [4.78, 5) is 13.9. The predicted molar refractivity (Wildman–Crippen MR) is 94.0 cm³/mol. The summed E-state index contributed by atoms with van der Waals surface area (Å²) < 4.78 is 32.8. The molecule has 0 bridgehead atoms. The third-order valence-electron chi connectivity index (χ3n) is 3.79. The summed E-state index contributed by atoms with van der Waals surface area (Å²) in [5, 5.41) is 2.79. The van der Waals surface area contributed by atoms with Crippen molar-refractivity contribution in [2.24, 2.45) is 0 Å². The fourth-order valence-corrected chi connectivity index (χ4v) is 2.29. The lowest BCUT2D eigenvalue weighted by atomic mass is 10.2. The SMILES string of the molecule is CC(C(=O)Nc1c(F)cccc1F)N(C)CCOc1ccccc1Cl. The van der Waals surface area contributed by atoms with Crippen LogP contribution in [0.2, 0.25) is 5.02 Å². The third kappa shape index (κ3) is 5.14. The highest BCUT2D eigenvalue weighted by atomic mass is 35.5. The third-order valence-corrected chi connectivity index (χ3v) is 4.10. The van der Waals surface area contributed by atoms with Crippen molar-refractivity contribution in [2.45, 2.75) is 13.0 Å². The molecule has 25 heavy (non-hydrogen) atoms. The molecule has 4 nitrogen and oxygen atoms in total. The van der Waals surface area contributed by atoms with Gasteiger partial charge in [0.1, 0.15) is 29.7 Å². The van der Waals surface area contributed by atoms with Crippen LogP contribution in [0.3, 0.4) is 0 Å². The van der Waals surface area contributed by atoms with E-state index in [0.29, 0.717) is 23.9 Å². The maximum Gasteiger partial charge on any atom is 0.241 e. The van der Waals surface area contributed by atoms with Crippen molar-refractivity contribution in [3.63, 3.8) is 0 Å². The highest BCUT2D eigenvalue weighted by molar-refractivity contribution is 6.32. The van der Waals surface area contributed by atoms with Crippen molar-refractivity contribution in [3.05, 3.63) is 59.1 Å². The number of rotatable bonds is 7. The number of hydrogen-bond donors (Lipinski definition) is 1. The first-order valence-electron chi connectivity index (χ1n) is 7.72. The Hall–Kier alpha value is -2.18. The molecule has 0 spiro atoms. The normalized spacial score (nSPS) is 12.1. The van der Waals surface area contributed by atoms with E-state index < -0.39 is 29.3 Å². The smallest absolute Gasteiger partial charge is 0.241 e. The molecule has 1 unspecified atom stereocenters. The quantitative estimate of drug-likeness (QED) is 0.804. The van der Waals surface area contributed by atoms with Crippen molar-refractivity contribution in [1.82, 2.24) is 4.90 Å². The number of nitrogens with one attached hydrogen (secondary N) is 1. The fourth-order valence-electron chi connectivity index (χ4n) is 2.10. The van der Waals surface area contributed by atoms with Crippen LogP contribution in [0.25, 0.3) is 0 Å². The Balaban J connectivity index is 1.87. The number of para-hydroxylation sites is 2. The number of halogens is 3. The number of ether oxygens (including phenoxy) is 1. The minimum absolute atomic E-state index is 0.311. The van der Waals surface area contributed by atoms with Crippen LogP contribution in [0.1, 0.15) is 6.92 Å². The van der Waals surface area contributed by atoms with Gasteiger partial charge in [0.25, 0.3) is 0 Å². The summed E-state index contributed by atoms with van der Waals surface area (Å²) >= 11 is 6.00. The molecule has 0 radical (unpaired) electrons. The van der Waals surface area contributed by atoms with E-state index in [1.807, 2.05) is 6.07 Å². The van der Waals surface area contributed by atoms with Crippen molar-refractivity contribution in [2.75, 3.05) is 25.5 Å². The molecule has 0 saturated carbocycles. The minimum Gasteiger partial charge on any atom is -0.491 e. The van der Waals surface area contributed by atoms with Crippen LogP contribution in [0.5, 0.6) is 5.75 Å². The molecule has 2 rings (SSSR count). The second-order valence-corrected chi connectivity index (χ2v) is 5.93. The number of hydrogen-bond acceptors (Lipinski definition) is 3. The zero-order valence-electron chi connectivity index (χ0n) is 13.9. The van der Waals surface area contributed by atoms with Gasteiger partial charge >= 0.3 is 0 Å². The molecule has 0 aliphatic rings. The van der Waals surface area contributed by atoms with Gasteiger partial charge in [0, 0.05) is 6.54 Å². The Morgan fingerprint density at radius 2 is 1.84 bits per heavy atom. The molecule has 0 fully saturated rings. The molecule has 0 aliphatic heterocycles. The van der Waals surface area contributed by atoms with Gasteiger partial charge in [-0.3, -0.25) is 9.69 Å². The number of likely N-dealkylation sites (N-methyl/N-ethyl adjacent to an activating group) is 1. The number of benzene rings is 2. The lowest BCUT2D eigenvalue weighted by Gasteiger charge is -2.24. The zero-order valence-corrected chi connectivity index (χ0v) is 14.7. The molecule has 134 valence electrons. The molecule has 2 aromatic rings. The molecular formula is C18H19ClF2N2O2. The van der Waals surface area contributed by atoms with Crippen LogP contribution in [0.4, 0.5) is 14.5 Å². The van der Waals surface area contributed by atoms with Crippen LogP contribution in [-0.2, 0) is 4.79 Å². The zero-order chi connectivity index (χ0) is 18.4. The van der Waals surface area contributed by atoms with E-state index in [9.17, 15) is 13.6 Å². The number of nitrogens with zero attached hydrogens (tertiary/aromatic N) is 1. The molecule has 1 atom stereocenters. The predicted octanol–water partition coefficient (Wildman–Crippen LogP) is 3.96. The highest BCUT2D eigenvalue weighted by Gasteiger charge is 2.20.